The molecule has 4 rings (SSSR count). The van der Waals surface area contributed by atoms with Crippen molar-refractivity contribution < 1.29 is 13.9 Å². The van der Waals surface area contributed by atoms with E-state index in [2.05, 4.69) is 32.2 Å². The Morgan fingerprint density at radius 1 is 1.07 bits per heavy atom. The number of likely N-dealkylation sites (N-methyl/N-ethyl adjacent to an activating group) is 1. The standard InChI is InChI=1S/C19H24N6O3/c1-3-24-6-8-25(9-7-24)13-15-11-18(20-27-15)19(26)23(2)12-14-4-5-16-17(10-14)22-28-21-16/h4-5,10-11H,3,6-9,12-13H2,1-2H3. The summed E-state index contributed by atoms with van der Waals surface area (Å²) in [5.74, 6) is 0.543. The summed E-state index contributed by atoms with van der Waals surface area (Å²) in [5.41, 5.74) is 2.63. The third kappa shape index (κ3) is 4.05. The summed E-state index contributed by atoms with van der Waals surface area (Å²) in [4.78, 5) is 19.0. The van der Waals surface area contributed by atoms with Crippen LogP contribution >= 0.6 is 0 Å². The summed E-state index contributed by atoms with van der Waals surface area (Å²) in [6, 6.07) is 7.34. The molecule has 3 aromatic rings. The van der Waals surface area contributed by atoms with E-state index in [1.54, 1.807) is 18.0 Å². The minimum Gasteiger partial charge on any atom is -0.359 e. The van der Waals surface area contributed by atoms with Gasteiger partial charge in [-0.25, -0.2) is 4.63 Å². The fourth-order valence-electron chi connectivity index (χ4n) is 3.44. The van der Waals surface area contributed by atoms with Crippen LogP contribution in [0.5, 0.6) is 0 Å². The predicted molar refractivity (Wildman–Crippen MR) is 101 cm³/mol. The average Bonchev–Trinajstić information content (AvgIpc) is 3.37. The molecule has 0 atom stereocenters. The third-order valence-electron chi connectivity index (χ3n) is 5.15. The molecular formula is C19H24N6O3. The quantitative estimate of drug-likeness (QED) is 0.633. The molecule has 1 fully saturated rings. The van der Waals surface area contributed by atoms with Crippen molar-refractivity contribution in [3.8, 4) is 0 Å². The first-order valence-corrected chi connectivity index (χ1v) is 9.49. The molecule has 0 radical (unpaired) electrons. The maximum absolute atomic E-state index is 12.7. The van der Waals surface area contributed by atoms with E-state index in [0.717, 1.165) is 44.0 Å². The van der Waals surface area contributed by atoms with Crippen molar-refractivity contribution >= 4 is 16.9 Å². The summed E-state index contributed by atoms with van der Waals surface area (Å²) in [7, 11) is 1.74. The SMILES string of the molecule is CCN1CCN(Cc2cc(C(=O)N(C)Cc3ccc4nonc4c3)no2)CC1. The van der Waals surface area contributed by atoms with E-state index < -0.39 is 0 Å². The van der Waals surface area contributed by atoms with Crippen molar-refractivity contribution in [3.05, 3.63) is 41.3 Å². The zero-order valence-electron chi connectivity index (χ0n) is 16.2. The van der Waals surface area contributed by atoms with Gasteiger partial charge in [-0.15, -0.1) is 0 Å². The smallest absolute Gasteiger partial charge is 0.276 e. The number of nitrogens with zero attached hydrogens (tertiary/aromatic N) is 6. The van der Waals surface area contributed by atoms with Gasteiger partial charge >= 0.3 is 0 Å². The lowest BCUT2D eigenvalue weighted by Gasteiger charge is -2.33. The van der Waals surface area contributed by atoms with E-state index in [0.29, 0.717) is 29.8 Å². The first-order valence-electron chi connectivity index (χ1n) is 9.49. The molecule has 28 heavy (non-hydrogen) atoms. The molecule has 0 N–H and O–H groups in total. The molecule has 2 aromatic heterocycles. The van der Waals surface area contributed by atoms with Gasteiger partial charge in [0, 0.05) is 45.8 Å². The number of fused-ring (bicyclic) bond motifs is 1. The Morgan fingerprint density at radius 2 is 1.82 bits per heavy atom. The molecule has 9 nitrogen and oxygen atoms in total. The lowest BCUT2D eigenvalue weighted by atomic mass is 10.2. The fraction of sp³-hybridized carbons (Fsp3) is 0.474. The largest absolute Gasteiger partial charge is 0.359 e. The van der Waals surface area contributed by atoms with Gasteiger partial charge < -0.3 is 14.3 Å². The van der Waals surface area contributed by atoms with Crippen molar-refractivity contribution in [2.24, 2.45) is 0 Å². The number of rotatable bonds is 6. The minimum atomic E-state index is -0.177. The Bertz CT molecular complexity index is 944. The minimum absolute atomic E-state index is 0.177. The van der Waals surface area contributed by atoms with E-state index in [9.17, 15) is 4.79 Å². The van der Waals surface area contributed by atoms with Gasteiger partial charge in [0.2, 0.25) is 0 Å². The normalized spacial score (nSPS) is 15.9. The molecule has 0 spiro atoms. The topological polar surface area (TPSA) is 91.7 Å². The highest BCUT2D eigenvalue weighted by Crippen LogP contribution is 2.15. The van der Waals surface area contributed by atoms with Gasteiger partial charge in [0.25, 0.3) is 5.91 Å². The van der Waals surface area contributed by atoms with Gasteiger partial charge in [-0.3, -0.25) is 9.69 Å². The number of piperazine rings is 1. The lowest BCUT2D eigenvalue weighted by molar-refractivity contribution is 0.0774. The van der Waals surface area contributed by atoms with Gasteiger partial charge in [-0.1, -0.05) is 18.1 Å². The van der Waals surface area contributed by atoms with Gasteiger partial charge in [0.15, 0.2) is 11.5 Å². The van der Waals surface area contributed by atoms with Crippen LogP contribution in [0.2, 0.25) is 0 Å². The summed E-state index contributed by atoms with van der Waals surface area (Å²) < 4.78 is 10.1. The molecule has 1 aliphatic rings. The van der Waals surface area contributed by atoms with Crippen LogP contribution in [-0.4, -0.2) is 75.8 Å². The zero-order chi connectivity index (χ0) is 19.5. The molecule has 9 heteroatoms. The number of hydrogen-bond acceptors (Lipinski definition) is 8. The highest BCUT2D eigenvalue weighted by Gasteiger charge is 2.21. The second-order valence-electron chi connectivity index (χ2n) is 7.14. The summed E-state index contributed by atoms with van der Waals surface area (Å²) in [6.45, 7) is 8.49. The van der Waals surface area contributed by atoms with Crippen molar-refractivity contribution in [2.45, 2.75) is 20.0 Å². The Kier molecular flexibility index (Phi) is 5.36. The van der Waals surface area contributed by atoms with Crippen LogP contribution in [0.4, 0.5) is 0 Å². The highest BCUT2D eigenvalue weighted by atomic mass is 16.6. The molecule has 0 bridgehead atoms. The maximum Gasteiger partial charge on any atom is 0.276 e. The molecule has 1 amide bonds. The third-order valence-corrected chi connectivity index (χ3v) is 5.15. The zero-order valence-corrected chi connectivity index (χ0v) is 16.2. The second kappa shape index (κ2) is 8.07. The van der Waals surface area contributed by atoms with Crippen molar-refractivity contribution in [1.29, 1.82) is 0 Å². The van der Waals surface area contributed by atoms with E-state index >= 15 is 0 Å². The van der Waals surface area contributed by atoms with Crippen LogP contribution in [0.15, 0.2) is 33.4 Å². The maximum atomic E-state index is 12.7. The molecule has 0 aliphatic carbocycles. The van der Waals surface area contributed by atoms with E-state index in [-0.39, 0.29) is 5.91 Å². The number of carbonyl (C=O) groups excluding carboxylic acids is 1. The van der Waals surface area contributed by atoms with Gasteiger partial charge in [0.1, 0.15) is 11.0 Å². The molecule has 0 saturated carbocycles. The Morgan fingerprint density at radius 3 is 2.61 bits per heavy atom. The number of hydrogen-bond donors (Lipinski definition) is 0. The molecule has 1 aromatic carbocycles. The summed E-state index contributed by atoms with van der Waals surface area (Å²) in [6.07, 6.45) is 0. The van der Waals surface area contributed by atoms with Crippen LogP contribution in [0.1, 0.15) is 28.7 Å². The average molecular weight is 384 g/mol. The second-order valence-corrected chi connectivity index (χ2v) is 7.14. The number of aromatic nitrogens is 3. The van der Waals surface area contributed by atoms with Crippen LogP contribution in [0.25, 0.3) is 11.0 Å². The molecule has 1 aliphatic heterocycles. The molecule has 3 heterocycles. The predicted octanol–water partition coefficient (Wildman–Crippen LogP) is 1.62. The van der Waals surface area contributed by atoms with Crippen LogP contribution in [-0.2, 0) is 13.1 Å². The number of amides is 1. The van der Waals surface area contributed by atoms with Gasteiger partial charge in [-0.2, -0.15) is 0 Å². The van der Waals surface area contributed by atoms with E-state index in [1.165, 1.54) is 0 Å². The number of benzene rings is 1. The first kappa shape index (κ1) is 18.6. The van der Waals surface area contributed by atoms with Crippen LogP contribution < -0.4 is 0 Å². The molecule has 0 unspecified atom stereocenters. The van der Waals surface area contributed by atoms with Crippen molar-refractivity contribution in [3.63, 3.8) is 0 Å². The Hall–Kier alpha value is -2.78. The van der Waals surface area contributed by atoms with Crippen LogP contribution in [0, 0.1) is 0 Å². The van der Waals surface area contributed by atoms with Crippen molar-refractivity contribution in [2.75, 3.05) is 39.8 Å². The molecule has 148 valence electrons. The van der Waals surface area contributed by atoms with E-state index in [1.807, 2.05) is 18.2 Å². The fourth-order valence-corrected chi connectivity index (χ4v) is 3.44. The summed E-state index contributed by atoms with van der Waals surface area (Å²) >= 11 is 0. The molecular weight excluding hydrogens is 360 g/mol. The number of carbonyl (C=O) groups is 1. The summed E-state index contributed by atoms with van der Waals surface area (Å²) in [5, 5.41) is 11.6. The Labute approximate surface area is 162 Å². The van der Waals surface area contributed by atoms with E-state index in [4.69, 9.17) is 9.15 Å². The lowest BCUT2D eigenvalue weighted by Crippen LogP contribution is -2.45. The monoisotopic (exact) mass is 384 g/mol. The molecule has 1 saturated heterocycles. The van der Waals surface area contributed by atoms with Crippen LogP contribution in [0.3, 0.4) is 0 Å². The van der Waals surface area contributed by atoms with Crippen molar-refractivity contribution in [1.82, 2.24) is 30.2 Å². The van der Waals surface area contributed by atoms with Gasteiger partial charge in [0.05, 0.1) is 6.54 Å². The van der Waals surface area contributed by atoms with Gasteiger partial charge in [-0.05, 0) is 34.6 Å². The first-order chi connectivity index (χ1) is 13.6. The Balaban J connectivity index is 1.35. The highest BCUT2D eigenvalue weighted by molar-refractivity contribution is 5.92.